The number of nitrogens with two attached hydrogens (primary N) is 3. The van der Waals surface area contributed by atoms with E-state index < -0.39 is 171 Å². The monoisotopic (exact) mass is 1300 g/mol. The Balaban J connectivity index is 0.906. The number of fused-ring (bicyclic) bond motifs is 4. The van der Waals surface area contributed by atoms with Gasteiger partial charge in [0.25, 0.3) is 5.56 Å². The van der Waals surface area contributed by atoms with Gasteiger partial charge in [-0.05, 0) is 83.4 Å². The van der Waals surface area contributed by atoms with E-state index in [2.05, 4.69) is 19.9 Å². The topological polar surface area (TPSA) is 429 Å². The number of hydrogen-bond donors (Lipinski definition) is 8. The summed E-state index contributed by atoms with van der Waals surface area (Å²) < 4.78 is 79.5. The van der Waals surface area contributed by atoms with Crippen LogP contribution in [-0.2, 0) is 91.0 Å². The van der Waals surface area contributed by atoms with Crippen LogP contribution in [0.3, 0.4) is 0 Å². The smallest absolute Gasteiger partial charge is 0.351 e. The van der Waals surface area contributed by atoms with Gasteiger partial charge in [-0.1, -0.05) is 13.8 Å². The molecule has 32 nitrogen and oxygen atoms in total. The summed E-state index contributed by atoms with van der Waals surface area (Å²) in [6, 6.07) is 0. The molecule has 0 spiro atoms. The summed E-state index contributed by atoms with van der Waals surface area (Å²) in [4.78, 5) is 115. The number of hydrogen-bond acceptors (Lipinski definition) is 27. The number of nitrogen functional groups attached to an aromatic ring is 3. The Morgan fingerprint density at radius 1 is 0.631 bits per heavy atom. The molecule has 6 unspecified atom stereocenters. The number of aromatic nitrogens is 8. The molecule has 0 radical (unpaired) electrons. The molecule has 6 aliphatic rings. The highest BCUT2D eigenvalue weighted by atomic mass is 32.5. The molecule has 4 bridgehead atoms. The third-order valence-corrected chi connectivity index (χ3v) is 20.7. The number of anilines is 3. The van der Waals surface area contributed by atoms with Crippen molar-refractivity contribution in [3.8, 4) is 0 Å². The van der Waals surface area contributed by atoms with Gasteiger partial charge in [0.1, 0.15) is 71.6 Å². The lowest BCUT2D eigenvalue weighted by atomic mass is 9.94. The third-order valence-electron chi connectivity index (χ3n) is 16.0. The molecule has 11 N–H and O–H groups in total. The molecular weight excluding hydrogens is 1230 g/mol. The van der Waals surface area contributed by atoms with E-state index in [1.54, 1.807) is 48.5 Å². The lowest BCUT2D eigenvalue weighted by Crippen LogP contribution is -2.51. The van der Waals surface area contributed by atoms with E-state index in [-0.39, 0.29) is 29.4 Å². The van der Waals surface area contributed by atoms with Crippen LogP contribution in [0.1, 0.15) is 87.7 Å². The van der Waals surface area contributed by atoms with Crippen LogP contribution in [0.5, 0.6) is 0 Å². The normalized spacial score (nSPS) is 35.6. The Kier molecular flexibility index (Phi) is 17.4. The lowest BCUT2D eigenvalue weighted by molar-refractivity contribution is -0.218. The summed E-state index contributed by atoms with van der Waals surface area (Å²) in [6.07, 6.45) is -10.5. The van der Waals surface area contributed by atoms with Crippen molar-refractivity contribution in [2.24, 2.45) is 5.92 Å². The van der Waals surface area contributed by atoms with Crippen molar-refractivity contribution in [1.82, 2.24) is 38.2 Å². The molecule has 4 aromatic rings. The van der Waals surface area contributed by atoms with Crippen molar-refractivity contribution in [2.45, 2.75) is 165 Å². The van der Waals surface area contributed by atoms with Crippen molar-refractivity contribution >= 4 is 73.0 Å². The number of aromatic amines is 1. The van der Waals surface area contributed by atoms with Crippen LogP contribution in [-0.4, -0.2) is 150 Å². The maximum Gasteiger partial charge on any atom is 0.351 e. The average molecular weight is 1300 g/mol. The fraction of sp³-hybridized carbons (Fsp3) is 0.652. The van der Waals surface area contributed by atoms with Gasteiger partial charge in [-0.2, -0.15) is 15.0 Å². The SMILES string of the molecule is CC[C@H]1O[C@@H](n2cc(C)c(=O)[nH]c2=O)C[C@H]1OP(O)(=S)OC[C@]12O[C@@H](n3cc(C)c(N)nc3=O)C(O[C@H]1C)[C@H]2OP(O)(=S)OC[C@]12O[C@@H](n3cc(C)c(N)nc3=O)C(O[C@H]1C)[C@H]2OP(O)(=S)OC[C@H]1O[C@@H](n2cc(C)c(N)nc2=O)C(C)[C@H]1O. The summed E-state index contributed by atoms with van der Waals surface area (Å²) in [7, 11) is 0. The van der Waals surface area contributed by atoms with Gasteiger partial charge >= 0.3 is 42.9 Å². The molecule has 10 heterocycles. The van der Waals surface area contributed by atoms with Gasteiger partial charge in [0.05, 0.1) is 50.3 Å². The first kappa shape index (κ1) is 63.1. The highest BCUT2D eigenvalue weighted by molar-refractivity contribution is 8.07. The maximum atomic E-state index is 13.5. The van der Waals surface area contributed by atoms with Crippen molar-refractivity contribution in [3.05, 3.63) is 99.3 Å². The molecule has 6 aliphatic heterocycles. The van der Waals surface area contributed by atoms with Crippen LogP contribution in [0.2, 0.25) is 0 Å². The molecule has 38 heteroatoms. The quantitative estimate of drug-likeness (QED) is 0.0533. The number of aryl methyl sites for hydroxylation is 4. The highest BCUT2D eigenvalue weighted by Gasteiger charge is 2.71. The molecule has 462 valence electrons. The van der Waals surface area contributed by atoms with Gasteiger partial charge in [-0.25, -0.2) is 19.2 Å². The van der Waals surface area contributed by atoms with Crippen LogP contribution < -0.4 is 45.5 Å². The molecule has 20 atom stereocenters. The molecule has 6 saturated heterocycles. The van der Waals surface area contributed by atoms with E-state index in [0.29, 0.717) is 23.1 Å². The summed E-state index contributed by atoms with van der Waals surface area (Å²) in [5.74, 6) is -0.800. The third kappa shape index (κ3) is 11.7. The van der Waals surface area contributed by atoms with E-state index in [4.69, 9.17) is 108 Å². The van der Waals surface area contributed by atoms with Crippen molar-refractivity contribution < 1.29 is 75.4 Å². The molecule has 6 fully saturated rings. The lowest BCUT2D eigenvalue weighted by Gasteiger charge is -2.38. The largest absolute Gasteiger partial charge is 0.390 e. The van der Waals surface area contributed by atoms with Crippen LogP contribution in [0.15, 0.2) is 48.8 Å². The zero-order chi connectivity index (χ0) is 61.1. The number of rotatable bonds is 20. The second-order valence-electron chi connectivity index (χ2n) is 21.5. The molecule has 0 aromatic carbocycles. The number of ether oxygens (including phenoxy) is 6. The second kappa shape index (κ2) is 23.2. The number of nitrogens with one attached hydrogen (secondary N) is 1. The first-order chi connectivity index (χ1) is 39.3. The summed E-state index contributed by atoms with van der Waals surface area (Å²) >= 11 is 16.9. The first-order valence-electron chi connectivity index (χ1n) is 26.3. The molecule has 84 heavy (non-hydrogen) atoms. The summed E-state index contributed by atoms with van der Waals surface area (Å²) in [5.41, 5.74) is 11.7. The fourth-order valence-corrected chi connectivity index (χ4v) is 15.6. The average Bonchev–Trinajstić information content (AvgIpc) is 1.75. The maximum absolute atomic E-state index is 13.5. The predicted molar refractivity (Wildman–Crippen MR) is 303 cm³/mol. The van der Waals surface area contributed by atoms with Crippen molar-refractivity contribution in [1.29, 1.82) is 0 Å². The van der Waals surface area contributed by atoms with E-state index in [0.717, 1.165) is 9.13 Å². The Labute approximate surface area is 492 Å². The molecule has 0 aliphatic carbocycles. The molecule has 4 aromatic heterocycles. The van der Waals surface area contributed by atoms with Crippen LogP contribution in [0.4, 0.5) is 17.5 Å². The minimum Gasteiger partial charge on any atom is -0.390 e. The van der Waals surface area contributed by atoms with Crippen molar-refractivity contribution in [2.75, 3.05) is 37.0 Å². The number of aliphatic hydroxyl groups is 1. The van der Waals surface area contributed by atoms with Gasteiger partial charge in [0.2, 0.25) is 0 Å². The first-order valence-corrected chi connectivity index (χ1v) is 34.1. The molecule has 0 amide bonds. The fourth-order valence-electron chi connectivity index (χ4n) is 11.3. The standard InChI is InChI=1S/C46H64N11O21P3S3/c1-9-25-26(10-28(72-25)54-14-21(5)37(59)53-44(54)63)76-80(65,83)68-16-45-23(7)71-31(40(74-45)57-13-20(4)36(49)52-43(57)62)33(45)78-81(66,84)69-17-46-24(8)70-30(39(75-46)56-12-19(3)35(48)51-42(56)61)32(46)77-79(64,82)67-15-27-29(58)22(6)38(73-27)55-11-18(2)34(47)50-41(55)60/h11-14,22-33,38-40,58H,9-10,15-17H2,1-8H3,(H,64,82)(H,65,83)(H,66,84)(H2,47,50,60)(H2,48,51,61)(H2,49,52,62)(H,53,59,63)/t22?,23-,24-,25+,26+,27+,28+,29+,30?,31?,32+,33+,38+,39+,40+,45-,46-,79?,80?,81?/m0/s1. The zero-order valence-electron chi connectivity index (χ0n) is 46.2. The predicted octanol–water partition coefficient (Wildman–Crippen LogP) is -0.155. The summed E-state index contributed by atoms with van der Waals surface area (Å²) in [5, 5.41) is 11.3. The molecular formula is C46H64N11O21P3S3. The van der Waals surface area contributed by atoms with E-state index >= 15 is 0 Å². The Hall–Kier alpha value is -3.97. The molecule has 0 saturated carbocycles. The zero-order valence-corrected chi connectivity index (χ0v) is 51.3. The Bertz CT molecular complexity index is 3710. The molecule has 10 rings (SSSR count). The minimum absolute atomic E-state index is 0.00405. The van der Waals surface area contributed by atoms with E-state index in [1.165, 1.54) is 40.8 Å². The van der Waals surface area contributed by atoms with Gasteiger partial charge in [-0.3, -0.25) is 37.1 Å². The van der Waals surface area contributed by atoms with E-state index in [9.17, 15) is 43.8 Å². The van der Waals surface area contributed by atoms with Gasteiger partial charge in [0, 0.05) is 59.4 Å². The van der Waals surface area contributed by atoms with Gasteiger partial charge < -0.3 is 83.5 Å². The number of H-pyrrole nitrogens is 1. The Morgan fingerprint density at radius 3 is 1.52 bits per heavy atom. The second-order valence-corrected chi connectivity index (χ2v) is 29.9. The Morgan fingerprint density at radius 2 is 1.06 bits per heavy atom. The van der Waals surface area contributed by atoms with Crippen LogP contribution >= 0.6 is 20.2 Å². The number of nitrogens with zero attached hydrogens (tertiary/aromatic N) is 7. The minimum atomic E-state index is -4.69. The van der Waals surface area contributed by atoms with E-state index in [1.807, 2.05) is 0 Å². The summed E-state index contributed by atoms with van der Waals surface area (Å²) in [6.45, 7) is -2.62. The highest BCUT2D eigenvalue weighted by Crippen LogP contribution is 2.62. The van der Waals surface area contributed by atoms with Gasteiger partial charge in [-0.15, -0.1) is 0 Å². The van der Waals surface area contributed by atoms with Crippen molar-refractivity contribution in [3.63, 3.8) is 0 Å². The van der Waals surface area contributed by atoms with Crippen LogP contribution in [0, 0.1) is 33.6 Å². The number of aliphatic hydroxyl groups excluding tert-OH is 1. The van der Waals surface area contributed by atoms with Gasteiger partial charge in [0.15, 0.2) is 12.5 Å². The van der Waals surface area contributed by atoms with Crippen LogP contribution in [0.25, 0.3) is 0 Å².